The molecule has 0 aromatic heterocycles. The maximum atomic E-state index is 12.4. The van der Waals surface area contributed by atoms with Crippen LogP contribution in [0.15, 0.2) is 64.3 Å². The van der Waals surface area contributed by atoms with Crippen LogP contribution in [0.1, 0.15) is 42.0 Å². The molecule has 5 rings (SSSR count). The lowest BCUT2D eigenvalue weighted by Gasteiger charge is -2.30. The van der Waals surface area contributed by atoms with Crippen molar-refractivity contribution in [2.24, 2.45) is 0 Å². The van der Waals surface area contributed by atoms with Gasteiger partial charge in [-0.05, 0) is 70.1 Å². The SMILES string of the molecule is O=C1NC2=C(CCCc3ccccc32)C(c2ccc(OC3=CC3)c(Br)c2)N1. The Hall–Kier alpha value is -2.53. The molecule has 136 valence electrons. The number of hydrogen-bond donors (Lipinski definition) is 2. The van der Waals surface area contributed by atoms with Gasteiger partial charge in [0.05, 0.1) is 16.2 Å². The number of ether oxygens (including phenoxy) is 1. The topological polar surface area (TPSA) is 50.4 Å². The molecular formula is C22H19BrN2O2. The molecule has 2 aliphatic carbocycles. The number of allylic oxidation sites excluding steroid dienone is 2. The number of carbonyl (C=O) groups excluding carboxylic acids is 1. The average molecular weight is 423 g/mol. The zero-order chi connectivity index (χ0) is 18.4. The molecule has 0 bridgehead atoms. The Balaban J connectivity index is 1.57. The molecule has 1 aliphatic heterocycles. The summed E-state index contributed by atoms with van der Waals surface area (Å²) in [5, 5.41) is 6.17. The van der Waals surface area contributed by atoms with Crippen molar-refractivity contribution in [1.82, 2.24) is 10.6 Å². The highest BCUT2D eigenvalue weighted by atomic mass is 79.9. The van der Waals surface area contributed by atoms with Crippen LogP contribution >= 0.6 is 15.9 Å². The number of halogens is 1. The molecule has 27 heavy (non-hydrogen) atoms. The molecule has 0 saturated carbocycles. The molecule has 1 unspecified atom stereocenters. The monoisotopic (exact) mass is 422 g/mol. The fourth-order valence-electron chi connectivity index (χ4n) is 3.88. The van der Waals surface area contributed by atoms with Crippen molar-refractivity contribution in [3.8, 4) is 5.75 Å². The molecule has 1 heterocycles. The minimum Gasteiger partial charge on any atom is -0.461 e. The molecule has 1 atom stereocenters. The van der Waals surface area contributed by atoms with Crippen molar-refractivity contribution in [3.05, 3.63) is 81.0 Å². The smallest absolute Gasteiger partial charge is 0.319 e. The van der Waals surface area contributed by atoms with E-state index in [1.54, 1.807) is 0 Å². The van der Waals surface area contributed by atoms with Gasteiger partial charge in [0.1, 0.15) is 11.5 Å². The van der Waals surface area contributed by atoms with Gasteiger partial charge in [0.15, 0.2) is 0 Å². The quantitative estimate of drug-likeness (QED) is 0.712. The Morgan fingerprint density at radius 3 is 2.78 bits per heavy atom. The summed E-state index contributed by atoms with van der Waals surface area (Å²) in [6.45, 7) is 0. The predicted octanol–water partition coefficient (Wildman–Crippen LogP) is 5.22. The van der Waals surface area contributed by atoms with Crippen LogP contribution < -0.4 is 15.4 Å². The Labute approximate surface area is 166 Å². The van der Waals surface area contributed by atoms with E-state index in [1.807, 2.05) is 24.3 Å². The van der Waals surface area contributed by atoms with E-state index in [0.29, 0.717) is 0 Å². The first-order valence-corrected chi connectivity index (χ1v) is 10.0. The van der Waals surface area contributed by atoms with E-state index < -0.39 is 0 Å². The van der Waals surface area contributed by atoms with Gasteiger partial charge in [-0.1, -0.05) is 30.3 Å². The number of urea groups is 1. The number of fused-ring (bicyclic) bond motifs is 2. The normalized spacial score (nSPS) is 20.6. The first kappa shape index (κ1) is 16.6. The second kappa shape index (κ2) is 6.57. The summed E-state index contributed by atoms with van der Waals surface area (Å²) >= 11 is 3.62. The summed E-state index contributed by atoms with van der Waals surface area (Å²) in [7, 11) is 0. The molecular weight excluding hydrogens is 404 g/mol. The molecule has 4 nitrogen and oxygen atoms in total. The molecule has 2 aromatic rings. The molecule has 2 N–H and O–H groups in total. The Kier molecular flexibility index (Phi) is 4.05. The highest BCUT2D eigenvalue weighted by Gasteiger charge is 2.31. The number of carbonyl (C=O) groups is 1. The van der Waals surface area contributed by atoms with Gasteiger partial charge in [-0.2, -0.15) is 0 Å². The summed E-state index contributed by atoms with van der Waals surface area (Å²) < 4.78 is 6.69. The second-order valence-electron chi connectivity index (χ2n) is 7.11. The number of nitrogens with one attached hydrogen (secondary N) is 2. The maximum absolute atomic E-state index is 12.4. The second-order valence-corrected chi connectivity index (χ2v) is 7.96. The van der Waals surface area contributed by atoms with Crippen molar-refractivity contribution >= 4 is 27.7 Å². The summed E-state index contributed by atoms with van der Waals surface area (Å²) in [5.41, 5.74) is 5.71. The van der Waals surface area contributed by atoms with Crippen molar-refractivity contribution in [2.75, 3.05) is 0 Å². The van der Waals surface area contributed by atoms with Crippen LogP contribution in [0.2, 0.25) is 0 Å². The van der Waals surface area contributed by atoms with E-state index in [4.69, 9.17) is 4.74 Å². The van der Waals surface area contributed by atoms with Crippen molar-refractivity contribution < 1.29 is 9.53 Å². The fraction of sp³-hybridized carbons (Fsp3) is 0.227. The van der Waals surface area contributed by atoms with Crippen LogP contribution in [0.5, 0.6) is 5.75 Å². The van der Waals surface area contributed by atoms with Gasteiger partial charge in [0.25, 0.3) is 0 Å². The lowest BCUT2D eigenvalue weighted by Crippen LogP contribution is -2.43. The highest BCUT2D eigenvalue weighted by molar-refractivity contribution is 9.10. The zero-order valence-electron chi connectivity index (χ0n) is 14.7. The Morgan fingerprint density at radius 1 is 1.11 bits per heavy atom. The van der Waals surface area contributed by atoms with Gasteiger partial charge < -0.3 is 15.4 Å². The minimum atomic E-state index is -0.157. The summed E-state index contributed by atoms with van der Waals surface area (Å²) in [6.07, 6.45) is 6.02. The summed E-state index contributed by atoms with van der Waals surface area (Å²) in [6, 6.07) is 14.1. The maximum Gasteiger partial charge on any atom is 0.319 e. The number of amides is 2. The molecule has 0 radical (unpaired) electrons. The molecule has 0 saturated heterocycles. The molecule has 5 heteroatoms. The predicted molar refractivity (Wildman–Crippen MR) is 108 cm³/mol. The lowest BCUT2D eigenvalue weighted by atomic mass is 9.91. The molecule has 0 spiro atoms. The fourth-order valence-corrected chi connectivity index (χ4v) is 4.36. The summed E-state index contributed by atoms with van der Waals surface area (Å²) in [4.78, 5) is 12.4. The minimum absolute atomic E-state index is 0.134. The van der Waals surface area contributed by atoms with Crippen molar-refractivity contribution in [1.29, 1.82) is 0 Å². The number of aryl methyl sites for hydroxylation is 1. The third kappa shape index (κ3) is 3.16. The molecule has 3 aliphatic rings. The third-order valence-corrected chi connectivity index (χ3v) is 5.88. The lowest BCUT2D eigenvalue weighted by molar-refractivity contribution is 0.240. The first-order valence-electron chi connectivity index (χ1n) is 9.24. The van der Waals surface area contributed by atoms with Gasteiger partial charge in [0, 0.05) is 12.0 Å². The van der Waals surface area contributed by atoms with E-state index in [9.17, 15) is 4.79 Å². The van der Waals surface area contributed by atoms with Crippen LogP contribution in [-0.2, 0) is 6.42 Å². The molecule has 2 amide bonds. The van der Waals surface area contributed by atoms with Gasteiger partial charge in [0.2, 0.25) is 0 Å². The first-order chi connectivity index (χ1) is 13.2. The van der Waals surface area contributed by atoms with Crippen LogP contribution in [0.4, 0.5) is 4.79 Å². The highest BCUT2D eigenvalue weighted by Crippen LogP contribution is 2.40. The zero-order valence-corrected chi connectivity index (χ0v) is 16.3. The molecule has 2 aromatic carbocycles. The largest absolute Gasteiger partial charge is 0.461 e. The van der Waals surface area contributed by atoms with Gasteiger partial charge >= 0.3 is 6.03 Å². The average Bonchev–Trinajstić information content (AvgIpc) is 3.49. The van der Waals surface area contributed by atoms with E-state index in [0.717, 1.165) is 58.5 Å². The van der Waals surface area contributed by atoms with Gasteiger partial charge in [-0.15, -0.1) is 0 Å². The van der Waals surface area contributed by atoms with E-state index >= 15 is 0 Å². The Bertz CT molecular complexity index is 1010. The Morgan fingerprint density at radius 2 is 1.96 bits per heavy atom. The van der Waals surface area contributed by atoms with Gasteiger partial charge in [-0.25, -0.2) is 4.79 Å². The van der Waals surface area contributed by atoms with Crippen LogP contribution in [0, 0.1) is 0 Å². The number of rotatable bonds is 3. The molecule has 0 fully saturated rings. The van der Waals surface area contributed by atoms with E-state index in [-0.39, 0.29) is 12.1 Å². The van der Waals surface area contributed by atoms with Crippen molar-refractivity contribution in [2.45, 2.75) is 31.7 Å². The standard InChI is InChI=1S/C22H19BrN2O2/c23-18-12-14(8-11-19(18)27-15-9-10-15)20-17-7-3-5-13-4-1-2-6-16(13)21(17)25-22(26)24-20/h1-2,4,6,8-9,11-12,20H,3,5,7,10H2,(H2,24,25,26). The van der Waals surface area contributed by atoms with Crippen LogP contribution in [-0.4, -0.2) is 6.03 Å². The van der Waals surface area contributed by atoms with Gasteiger partial charge in [-0.3, -0.25) is 0 Å². The number of hydrogen-bond acceptors (Lipinski definition) is 2. The number of benzene rings is 2. The van der Waals surface area contributed by atoms with Crippen molar-refractivity contribution in [3.63, 3.8) is 0 Å². The van der Waals surface area contributed by atoms with E-state index in [1.165, 1.54) is 11.1 Å². The third-order valence-electron chi connectivity index (χ3n) is 5.26. The summed E-state index contributed by atoms with van der Waals surface area (Å²) in [5.74, 6) is 1.81. The van der Waals surface area contributed by atoms with Crippen LogP contribution in [0.25, 0.3) is 5.70 Å². The van der Waals surface area contributed by atoms with E-state index in [2.05, 4.69) is 50.8 Å². The van der Waals surface area contributed by atoms with Crippen LogP contribution in [0.3, 0.4) is 0 Å².